The molecule has 0 aliphatic carbocycles. The van der Waals surface area contributed by atoms with Gasteiger partial charge in [-0.15, -0.1) is 0 Å². The van der Waals surface area contributed by atoms with Crippen LogP contribution in [0.15, 0.2) is 34.6 Å². The van der Waals surface area contributed by atoms with Crippen LogP contribution in [0.1, 0.15) is 0 Å². The number of nitrogens with zero attached hydrogens (tertiary/aromatic N) is 4. The van der Waals surface area contributed by atoms with Crippen molar-refractivity contribution in [3.63, 3.8) is 0 Å². The first kappa shape index (κ1) is 17.4. The van der Waals surface area contributed by atoms with Gasteiger partial charge < -0.3 is 16.0 Å². The summed E-state index contributed by atoms with van der Waals surface area (Å²) in [6.07, 6.45) is 3.05. The number of anilines is 1. The van der Waals surface area contributed by atoms with Gasteiger partial charge in [0.05, 0.1) is 0 Å². The number of amides is 1. The van der Waals surface area contributed by atoms with Gasteiger partial charge >= 0.3 is 0 Å². The second-order valence-electron chi connectivity index (χ2n) is 5.10. The summed E-state index contributed by atoms with van der Waals surface area (Å²) in [7, 11) is 0. The van der Waals surface area contributed by atoms with Crippen LogP contribution in [0.3, 0.4) is 0 Å². The summed E-state index contributed by atoms with van der Waals surface area (Å²) in [6, 6.07) is 5.54. The number of aromatic nitrogens is 1. The number of pyridine rings is 1. The molecule has 1 fully saturated rings. The number of carbonyl (C=O) groups excluding carboxylic acids is 1. The predicted molar refractivity (Wildman–Crippen MR) is 91.3 cm³/mol. The number of nitrogens with two attached hydrogens (primary N) is 1. The molecule has 0 bridgehead atoms. The predicted octanol–water partition coefficient (Wildman–Crippen LogP) is 0.766. The molecule has 1 aromatic rings. The molecule has 7 nitrogen and oxygen atoms in total. The first-order valence-corrected chi connectivity index (χ1v) is 8.13. The van der Waals surface area contributed by atoms with Crippen LogP contribution >= 0.6 is 15.9 Å². The van der Waals surface area contributed by atoms with E-state index in [0.717, 1.165) is 24.1 Å². The van der Waals surface area contributed by atoms with E-state index in [-0.39, 0.29) is 11.5 Å². The quantitative estimate of drug-likeness (QED) is 0.579. The first-order chi connectivity index (χ1) is 11.1. The van der Waals surface area contributed by atoms with E-state index in [9.17, 15) is 10.1 Å². The van der Waals surface area contributed by atoms with Gasteiger partial charge in [-0.1, -0.05) is 0 Å². The monoisotopic (exact) mass is 378 g/mol. The topological polar surface area (TPSA) is 98.3 Å². The molecule has 1 aromatic heterocycles. The molecule has 0 radical (unpaired) electrons. The summed E-state index contributed by atoms with van der Waals surface area (Å²) >= 11 is 3.30. The molecule has 0 unspecified atom stereocenters. The van der Waals surface area contributed by atoms with E-state index in [2.05, 4.69) is 31.1 Å². The SMILES string of the molecule is N#C/C(=C/Nc1ccc(Br)cn1)C(=O)N1CCN(CCN)CC1. The Morgan fingerprint density at radius 1 is 1.43 bits per heavy atom. The van der Waals surface area contributed by atoms with Gasteiger partial charge in [-0.3, -0.25) is 9.69 Å². The van der Waals surface area contributed by atoms with E-state index < -0.39 is 0 Å². The molecule has 2 rings (SSSR count). The molecule has 23 heavy (non-hydrogen) atoms. The highest BCUT2D eigenvalue weighted by Crippen LogP contribution is 2.12. The summed E-state index contributed by atoms with van der Waals surface area (Å²) in [5.74, 6) is 0.311. The number of hydrogen-bond acceptors (Lipinski definition) is 6. The zero-order valence-corrected chi connectivity index (χ0v) is 14.3. The van der Waals surface area contributed by atoms with Gasteiger partial charge in [-0.2, -0.15) is 5.26 Å². The Hall–Kier alpha value is -1.95. The third-order valence-corrected chi connectivity index (χ3v) is 4.02. The van der Waals surface area contributed by atoms with Gasteiger partial charge in [0.25, 0.3) is 5.91 Å². The van der Waals surface area contributed by atoms with Gasteiger partial charge in [0.1, 0.15) is 17.5 Å². The molecular formula is C15H19BrN6O. The maximum Gasteiger partial charge on any atom is 0.266 e. The maximum absolute atomic E-state index is 12.4. The molecule has 1 saturated heterocycles. The van der Waals surface area contributed by atoms with E-state index in [4.69, 9.17) is 5.73 Å². The van der Waals surface area contributed by atoms with Crippen molar-refractivity contribution < 1.29 is 4.79 Å². The van der Waals surface area contributed by atoms with Crippen molar-refractivity contribution in [2.24, 2.45) is 5.73 Å². The average molecular weight is 379 g/mol. The second kappa shape index (κ2) is 8.62. The lowest BCUT2D eigenvalue weighted by Gasteiger charge is -2.34. The maximum atomic E-state index is 12.4. The van der Waals surface area contributed by atoms with Crippen LogP contribution in [0.5, 0.6) is 0 Å². The fraction of sp³-hybridized carbons (Fsp3) is 0.400. The Kier molecular flexibility index (Phi) is 6.52. The molecule has 0 aromatic carbocycles. The van der Waals surface area contributed by atoms with Gasteiger partial charge in [0.2, 0.25) is 0 Å². The summed E-state index contributed by atoms with van der Waals surface area (Å²) < 4.78 is 0.860. The molecule has 1 amide bonds. The van der Waals surface area contributed by atoms with Crippen molar-refractivity contribution in [1.82, 2.24) is 14.8 Å². The number of carbonyl (C=O) groups is 1. The molecule has 122 valence electrons. The second-order valence-corrected chi connectivity index (χ2v) is 6.01. The minimum atomic E-state index is -0.260. The Bertz CT molecular complexity index is 601. The largest absolute Gasteiger partial charge is 0.345 e. The van der Waals surface area contributed by atoms with E-state index >= 15 is 0 Å². The minimum absolute atomic E-state index is 0.0713. The highest BCUT2D eigenvalue weighted by molar-refractivity contribution is 9.10. The van der Waals surface area contributed by atoms with Crippen molar-refractivity contribution in [1.29, 1.82) is 5.26 Å². The lowest BCUT2D eigenvalue weighted by Crippen LogP contribution is -2.50. The third-order valence-electron chi connectivity index (χ3n) is 3.55. The van der Waals surface area contributed by atoms with Crippen molar-refractivity contribution in [2.75, 3.05) is 44.6 Å². The van der Waals surface area contributed by atoms with Gasteiger partial charge in [0, 0.05) is 56.1 Å². The lowest BCUT2D eigenvalue weighted by atomic mass is 10.2. The van der Waals surface area contributed by atoms with E-state index in [1.165, 1.54) is 6.20 Å². The molecule has 8 heteroatoms. The molecular weight excluding hydrogens is 360 g/mol. The summed E-state index contributed by atoms with van der Waals surface area (Å²) in [4.78, 5) is 20.4. The standard InChI is InChI=1S/C15H19BrN6O/c16-13-1-2-14(20-11-13)19-10-12(9-18)15(23)22-7-5-21(4-3-17)6-8-22/h1-2,10-11H,3-8,17H2,(H,19,20)/b12-10-. The summed E-state index contributed by atoms with van der Waals surface area (Å²) in [6.45, 7) is 4.22. The van der Waals surface area contributed by atoms with Crippen molar-refractivity contribution in [3.05, 3.63) is 34.6 Å². The number of rotatable bonds is 5. The number of halogens is 1. The Morgan fingerprint density at radius 2 is 2.17 bits per heavy atom. The van der Waals surface area contributed by atoms with Crippen LogP contribution in [0, 0.1) is 11.3 Å². The Morgan fingerprint density at radius 3 is 2.74 bits per heavy atom. The molecule has 1 aliphatic rings. The fourth-order valence-electron chi connectivity index (χ4n) is 2.28. The normalized spacial score (nSPS) is 16.0. The van der Waals surface area contributed by atoms with E-state index in [1.807, 2.05) is 12.1 Å². The highest BCUT2D eigenvalue weighted by atomic mass is 79.9. The molecule has 0 atom stereocenters. The Labute approximate surface area is 143 Å². The van der Waals surface area contributed by atoms with Crippen molar-refractivity contribution in [2.45, 2.75) is 0 Å². The molecule has 3 N–H and O–H groups in total. The van der Waals surface area contributed by atoms with Crippen molar-refractivity contribution in [3.8, 4) is 6.07 Å². The van der Waals surface area contributed by atoms with Crippen LogP contribution in [0.2, 0.25) is 0 Å². The number of nitriles is 1. The first-order valence-electron chi connectivity index (χ1n) is 7.34. The zero-order chi connectivity index (χ0) is 16.7. The Balaban J connectivity index is 1.95. The van der Waals surface area contributed by atoms with Crippen LogP contribution in [0.4, 0.5) is 5.82 Å². The van der Waals surface area contributed by atoms with Crippen LogP contribution in [0.25, 0.3) is 0 Å². The highest BCUT2D eigenvalue weighted by Gasteiger charge is 2.23. The molecule has 2 heterocycles. The number of hydrogen-bond donors (Lipinski definition) is 2. The van der Waals surface area contributed by atoms with Crippen LogP contribution < -0.4 is 11.1 Å². The minimum Gasteiger partial charge on any atom is -0.345 e. The molecule has 0 spiro atoms. The lowest BCUT2D eigenvalue weighted by molar-refractivity contribution is -0.128. The van der Waals surface area contributed by atoms with Crippen LogP contribution in [-0.4, -0.2) is 60.0 Å². The smallest absolute Gasteiger partial charge is 0.266 e. The van der Waals surface area contributed by atoms with Gasteiger partial charge in [-0.05, 0) is 28.1 Å². The van der Waals surface area contributed by atoms with E-state index in [0.29, 0.717) is 25.5 Å². The molecule has 0 saturated carbocycles. The number of piperazine rings is 1. The van der Waals surface area contributed by atoms with Gasteiger partial charge in [-0.25, -0.2) is 4.98 Å². The fourth-order valence-corrected chi connectivity index (χ4v) is 2.51. The molecule has 1 aliphatic heterocycles. The van der Waals surface area contributed by atoms with Crippen molar-refractivity contribution >= 4 is 27.7 Å². The van der Waals surface area contributed by atoms with E-state index in [1.54, 1.807) is 17.2 Å². The summed E-state index contributed by atoms with van der Waals surface area (Å²) in [5, 5.41) is 12.1. The number of nitrogens with one attached hydrogen (secondary N) is 1. The summed E-state index contributed by atoms with van der Waals surface area (Å²) in [5.41, 5.74) is 5.61. The average Bonchev–Trinajstić information content (AvgIpc) is 2.58. The van der Waals surface area contributed by atoms with Crippen LogP contribution in [-0.2, 0) is 4.79 Å². The zero-order valence-electron chi connectivity index (χ0n) is 12.7. The third kappa shape index (κ3) is 5.03. The van der Waals surface area contributed by atoms with Gasteiger partial charge in [0.15, 0.2) is 0 Å².